The van der Waals surface area contributed by atoms with Gasteiger partial charge in [0, 0.05) is 23.5 Å². The van der Waals surface area contributed by atoms with E-state index in [1.807, 2.05) is 0 Å². The normalized spacial score (nSPS) is 17.7. The van der Waals surface area contributed by atoms with Crippen LogP contribution in [0.5, 0.6) is 0 Å². The minimum absolute atomic E-state index is 0.205. The van der Waals surface area contributed by atoms with E-state index in [0.29, 0.717) is 22.9 Å². The standard InChI is InChI=1S/C16H19ClN4O2/c17-12-4-3-5-13(8-12)19-16(22)20-14-9-18-21(10-14)11-15-6-1-2-7-23-15/h3-5,8-10,15H,1-2,6-7,11H2,(H2,19,20,22). The number of aromatic nitrogens is 2. The molecule has 6 nitrogen and oxygen atoms in total. The van der Waals surface area contributed by atoms with Crippen molar-refractivity contribution >= 4 is 29.0 Å². The summed E-state index contributed by atoms with van der Waals surface area (Å²) >= 11 is 5.89. The van der Waals surface area contributed by atoms with Gasteiger partial charge in [0.25, 0.3) is 0 Å². The molecule has 1 atom stereocenters. The number of rotatable bonds is 4. The van der Waals surface area contributed by atoms with E-state index in [1.54, 1.807) is 41.3 Å². The Kier molecular flexibility index (Phi) is 5.15. The number of hydrogen-bond donors (Lipinski definition) is 2. The molecule has 2 aromatic rings. The highest BCUT2D eigenvalue weighted by atomic mass is 35.5. The van der Waals surface area contributed by atoms with Gasteiger partial charge in [0.15, 0.2) is 0 Å². The van der Waals surface area contributed by atoms with Crippen molar-refractivity contribution in [2.24, 2.45) is 0 Å². The van der Waals surface area contributed by atoms with Gasteiger partial charge in [-0.05, 0) is 37.5 Å². The van der Waals surface area contributed by atoms with Gasteiger partial charge in [0.05, 0.1) is 24.5 Å². The van der Waals surface area contributed by atoms with Crippen molar-refractivity contribution in [3.05, 3.63) is 41.7 Å². The number of nitrogens with one attached hydrogen (secondary N) is 2. The maximum atomic E-state index is 12.0. The number of hydrogen-bond acceptors (Lipinski definition) is 3. The Bertz CT molecular complexity index is 668. The summed E-state index contributed by atoms with van der Waals surface area (Å²) in [7, 11) is 0. The number of carbonyl (C=O) groups excluding carboxylic acids is 1. The molecule has 0 bridgehead atoms. The van der Waals surface area contributed by atoms with Gasteiger partial charge >= 0.3 is 6.03 Å². The minimum Gasteiger partial charge on any atom is -0.376 e. The van der Waals surface area contributed by atoms with E-state index in [1.165, 1.54) is 6.42 Å². The maximum Gasteiger partial charge on any atom is 0.323 e. The zero-order valence-electron chi connectivity index (χ0n) is 12.7. The number of anilines is 2. The number of nitrogens with zero attached hydrogens (tertiary/aromatic N) is 2. The van der Waals surface area contributed by atoms with Crippen LogP contribution in [0, 0.1) is 0 Å². The second-order valence-corrected chi connectivity index (χ2v) is 5.97. The first-order chi connectivity index (χ1) is 11.2. The highest BCUT2D eigenvalue weighted by Gasteiger charge is 2.15. The molecule has 0 saturated carbocycles. The molecule has 0 radical (unpaired) electrons. The fourth-order valence-corrected chi connectivity index (χ4v) is 2.74. The van der Waals surface area contributed by atoms with Crippen LogP contribution in [0.25, 0.3) is 0 Å². The van der Waals surface area contributed by atoms with Crippen LogP contribution < -0.4 is 10.6 Å². The lowest BCUT2D eigenvalue weighted by molar-refractivity contribution is 0.00401. The predicted octanol–water partition coefficient (Wildman–Crippen LogP) is 3.75. The number of amides is 2. The first-order valence-electron chi connectivity index (χ1n) is 7.67. The topological polar surface area (TPSA) is 68.2 Å². The molecule has 3 rings (SSSR count). The number of ether oxygens (including phenoxy) is 1. The average Bonchev–Trinajstić information content (AvgIpc) is 2.95. The van der Waals surface area contributed by atoms with Gasteiger partial charge in [0.2, 0.25) is 0 Å². The summed E-state index contributed by atoms with van der Waals surface area (Å²) in [4.78, 5) is 12.0. The second-order valence-electron chi connectivity index (χ2n) is 5.53. The van der Waals surface area contributed by atoms with E-state index in [0.717, 1.165) is 19.4 Å². The van der Waals surface area contributed by atoms with Gasteiger partial charge in [-0.25, -0.2) is 4.79 Å². The van der Waals surface area contributed by atoms with E-state index in [2.05, 4.69) is 15.7 Å². The van der Waals surface area contributed by atoms with Crippen LogP contribution in [-0.2, 0) is 11.3 Å². The zero-order valence-corrected chi connectivity index (χ0v) is 13.4. The number of carbonyl (C=O) groups is 1. The van der Waals surface area contributed by atoms with E-state index < -0.39 is 0 Å². The zero-order chi connectivity index (χ0) is 16.1. The molecule has 2 N–H and O–H groups in total. The molecule has 1 aromatic heterocycles. The summed E-state index contributed by atoms with van der Waals surface area (Å²) < 4.78 is 7.49. The summed E-state index contributed by atoms with van der Waals surface area (Å²) in [5.41, 5.74) is 1.28. The van der Waals surface area contributed by atoms with Crippen molar-refractivity contribution in [3.8, 4) is 0 Å². The first-order valence-corrected chi connectivity index (χ1v) is 8.04. The molecular weight excluding hydrogens is 316 g/mol. The molecule has 2 amide bonds. The number of urea groups is 1. The quantitative estimate of drug-likeness (QED) is 0.894. The fraction of sp³-hybridized carbons (Fsp3) is 0.375. The molecule has 0 aliphatic carbocycles. The van der Waals surface area contributed by atoms with Crippen molar-refractivity contribution in [2.45, 2.75) is 31.9 Å². The van der Waals surface area contributed by atoms with Crippen molar-refractivity contribution in [1.82, 2.24) is 9.78 Å². The van der Waals surface area contributed by atoms with E-state index in [4.69, 9.17) is 16.3 Å². The van der Waals surface area contributed by atoms with Crippen LogP contribution in [0.15, 0.2) is 36.7 Å². The van der Waals surface area contributed by atoms with Crippen LogP contribution in [0.2, 0.25) is 5.02 Å². The van der Waals surface area contributed by atoms with Crippen LogP contribution in [0.1, 0.15) is 19.3 Å². The molecule has 1 aliphatic rings. The fourth-order valence-electron chi connectivity index (χ4n) is 2.55. The Morgan fingerprint density at radius 1 is 1.35 bits per heavy atom. The summed E-state index contributed by atoms with van der Waals surface area (Å²) in [5, 5.41) is 10.3. The predicted molar refractivity (Wildman–Crippen MR) is 89.9 cm³/mol. The van der Waals surface area contributed by atoms with Gasteiger partial charge < -0.3 is 15.4 Å². The van der Waals surface area contributed by atoms with Crippen LogP contribution in [0.4, 0.5) is 16.2 Å². The van der Waals surface area contributed by atoms with E-state index in [-0.39, 0.29) is 12.1 Å². The number of halogens is 1. The molecular formula is C16H19ClN4O2. The molecule has 0 spiro atoms. The molecule has 23 heavy (non-hydrogen) atoms. The Labute approximate surface area is 139 Å². The third-order valence-electron chi connectivity index (χ3n) is 3.64. The molecule has 1 aromatic carbocycles. The van der Waals surface area contributed by atoms with Crippen LogP contribution in [-0.4, -0.2) is 28.5 Å². The maximum absolute atomic E-state index is 12.0. The molecule has 1 aliphatic heterocycles. The van der Waals surface area contributed by atoms with Crippen LogP contribution in [0.3, 0.4) is 0 Å². The third-order valence-corrected chi connectivity index (χ3v) is 3.87. The molecule has 1 unspecified atom stereocenters. The van der Waals surface area contributed by atoms with Gasteiger partial charge in [-0.3, -0.25) is 4.68 Å². The van der Waals surface area contributed by atoms with Crippen molar-refractivity contribution in [2.75, 3.05) is 17.2 Å². The summed E-state index contributed by atoms with van der Waals surface area (Å²) in [6, 6.07) is 6.66. The monoisotopic (exact) mass is 334 g/mol. The molecule has 7 heteroatoms. The smallest absolute Gasteiger partial charge is 0.323 e. The van der Waals surface area contributed by atoms with Crippen molar-refractivity contribution < 1.29 is 9.53 Å². The average molecular weight is 335 g/mol. The molecule has 1 saturated heterocycles. The number of benzene rings is 1. The lowest BCUT2D eigenvalue weighted by Crippen LogP contribution is -2.24. The van der Waals surface area contributed by atoms with Gasteiger partial charge in [-0.2, -0.15) is 5.10 Å². The molecule has 2 heterocycles. The Balaban J connectivity index is 1.52. The third kappa shape index (κ3) is 4.71. The lowest BCUT2D eigenvalue weighted by atomic mass is 10.1. The Hall–Kier alpha value is -2.05. The lowest BCUT2D eigenvalue weighted by Gasteiger charge is -2.22. The van der Waals surface area contributed by atoms with Gasteiger partial charge in [0.1, 0.15) is 0 Å². The van der Waals surface area contributed by atoms with E-state index >= 15 is 0 Å². The summed E-state index contributed by atoms with van der Waals surface area (Å²) in [6.07, 6.45) is 7.01. The van der Waals surface area contributed by atoms with Crippen molar-refractivity contribution in [3.63, 3.8) is 0 Å². The summed E-state index contributed by atoms with van der Waals surface area (Å²) in [6.45, 7) is 1.52. The van der Waals surface area contributed by atoms with Crippen LogP contribution >= 0.6 is 11.6 Å². The van der Waals surface area contributed by atoms with E-state index in [9.17, 15) is 4.79 Å². The largest absolute Gasteiger partial charge is 0.376 e. The minimum atomic E-state index is -0.333. The van der Waals surface area contributed by atoms with Crippen molar-refractivity contribution in [1.29, 1.82) is 0 Å². The molecule has 122 valence electrons. The summed E-state index contributed by atoms with van der Waals surface area (Å²) in [5.74, 6) is 0. The molecule has 1 fully saturated rings. The van der Waals surface area contributed by atoms with Gasteiger partial charge in [-0.15, -0.1) is 0 Å². The highest BCUT2D eigenvalue weighted by Crippen LogP contribution is 2.17. The highest BCUT2D eigenvalue weighted by molar-refractivity contribution is 6.30. The Morgan fingerprint density at radius 3 is 3.00 bits per heavy atom. The first kappa shape index (κ1) is 15.8. The Morgan fingerprint density at radius 2 is 2.22 bits per heavy atom. The van der Waals surface area contributed by atoms with Gasteiger partial charge in [-0.1, -0.05) is 17.7 Å². The second kappa shape index (κ2) is 7.48. The SMILES string of the molecule is O=C(Nc1cccc(Cl)c1)Nc1cnn(CC2CCCCO2)c1.